The van der Waals surface area contributed by atoms with Crippen LogP contribution in [-0.4, -0.2) is 29.8 Å². The summed E-state index contributed by atoms with van der Waals surface area (Å²) in [5, 5.41) is 5.14. The Hall–Kier alpha value is -1.85. The van der Waals surface area contributed by atoms with Crippen molar-refractivity contribution in [3.05, 3.63) is 57.2 Å². The Kier molecular flexibility index (Phi) is 6.62. The van der Waals surface area contributed by atoms with Crippen LogP contribution in [-0.2, 0) is 11.3 Å². The van der Waals surface area contributed by atoms with Gasteiger partial charge >= 0.3 is 0 Å². The molecule has 1 heterocycles. The van der Waals surface area contributed by atoms with Crippen LogP contribution < -0.4 is 5.32 Å². The largest absolute Gasteiger partial charge is 0.351 e. The third kappa shape index (κ3) is 5.08. The highest BCUT2D eigenvalue weighted by atomic mass is 35.5. The van der Waals surface area contributed by atoms with Crippen LogP contribution in [0, 0.1) is 0 Å². The molecule has 0 aliphatic heterocycles. The number of thiophene rings is 1. The summed E-state index contributed by atoms with van der Waals surface area (Å²) in [7, 11) is 0. The van der Waals surface area contributed by atoms with Crippen LogP contribution in [0.4, 0.5) is 0 Å². The second-order valence-corrected chi connectivity index (χ2v) is 6.41. The van der Waals surface area contributed by atoms with E-state index in [-0.39, 0.29) is 18.2 Å². The van der Waals surface area contributed by atoms with Crippen molar-refractivity contribution in [3.8, 4) is 0 Å². The van der Waals surface area contributed by atoms with Gasteiger partial charge in [0.1, 0.15) is 0 Å². The summed E-state index contributed by atoms with van der Waals surface area (Å²) in [5.41, 5.74) is 0.424. The van der Waals surface area contributed by atoms with Gasteiger partial charge in [-0.05, 0) is 30.5 Å². The molecule has 6 heteroatoms. The predicted octanol–water partition coefficient (Wildman–Crippen LogP) is 3.57. The fraction of sp³-hybridized carbons (Fsp3) is 0.294. The van der Waals surface area contributed by atoms with Crippen LogP contribution in [0.15, 0.2) is 41.8 Å². The van der Waals surface area contributed by atoms with Gasteiger partial charge in [0.15, 0.2) is 0 Å². The van der Waals surface area contributed by atoms with Gasteiger partial charge in [-0.1, -0.05) is 29.8 Å². The number of halogens is 1. The smallest absolute Gasteiger partial charge is 0.252 e. The van der Waals surface area contributed by atoms with E-state index in [9.17, 15) is 9.59 Å². The number of amides is 2. The molecule has 122 valence electrons. The maximum absolute atomic E-state index is 12.2. The predicted molar refractivity (Wildman–Crippen MR) is 93.8 cm³/mol. The van der Waals surface area contributed by atoms with E-state index >= 15 is 0 Å². The molecule has 0 saturated heterocycles. The molecule has 4 nitrogen and oxygen atoms in total. The summed E-state index contributed by atoms with van der Waals surface area (Å²) < 4.78 is 0. The van der Waals surface area contributed by atoms with Crippen molar-refractivity contribution in [1.29, 1.82) is 0 Å². The molecule has 0 atom stereocenters. The van der Waals surface area contributed by atoms with Gasteiger partial charge in [-0.3, -0.25) is 9.59 Å². The Morgan fingerprint density at radius 1 is 1.22 bits per heavy atom. The zero-order valence-corrected chi connectivity index (χ0v) is 14.5. The van der Waals surface area contributed by atoms with Crippen LogP contribution in [0.3, 0.4) is 0 Å². The molecule has 1 aromatic heterocycles. The first-order valence-corrected chi connectivity index (χ1v) is 8.70. The summed E-state index contributed by atoms with van der Waals surface area (Å²) in [4.78, 5) is 27.2. The summed E-state index contributed by atoms with van der Waals surface area (Å²) in [6.07, 6.45) is 0.273. The molecule has 2 amide bonds. The highest BCUT2D eigenvalue weighted by Crippen LogP contribution is 2.15. The first-order valence-electron chi connectivity index (χ1n) is 7.44. The fourth-order valence-electron chi connectivity index (χ4n) is 2.15. The van der Waals surface area contributed by atoms with E-state index in [0.29, 0.717) is 30.2 Å². The number of hydrogen-bond acceptors (Lipinski definition) is 3. The highest BCUT2D eigenvalue weighted by molar-refractivity contribution is 7.09. The van der Waals surface area contributed by atoms with Gasteiger partial charge in [-0.2, -0.15) is 0 Å². The van der Waals surface area contributed by atoms with E-state index in [2.05, 4.69) is 5.32 Å². The highest BCUT2D eigenvalue weighted by Gasteiger charge is 2.14. The fourth-order valence-corrected chi connectivity index (χ4v) is 3.09. The molecule has 2 rings (SSSR count). The molecule has 1 aromatic carbocycles. The summed E-state index contributed by atoms with van der Waals surface area (Å²) in [5.74, 6) is -0.231. The Labute approximate surface area is 145 Å². The average molecular weight is 351 g/mol. The number of benzene rings is 1. The van der Waals surface area contributed by atoms with E-state index in [4.69, 9.17) is 11.6 Å². The number of rotatable bonds is 7. The van der Waals surface area contributed by atoms with E-state index in [1.807, 2.05) is 24.4 Å². The number of nitrogens with zero attached hydrogens (tertiary/aromatic N) is 1. The zero-order valence-electron chi connectivity index (χ0n) is 12.9. The lowest BCUT2D eigenvalue weighted by Gasteiger charge is -2.20. The lowest BCUT2D eigenvalue weighted by molar-refractivity contribution is -0.131. The van der Waals surface area contributed by atoms with E-state index in [1.165, 1.54) is 0 Å². The molecule has 23 heavy (non-hydrogen) atoms. The van der Waals surface area contributed by atoms with Gasteiger partial charge < -0.3 is 10.2 Å². The number of carbonyl (C=O) groups excluding carboxylic acids is 2. The van der Waals surface area contributed by atoms with Gasteiger partial charge in [0.25, 0.3) is 5.91 Å². The zero-order chi connectivity index (χ0) is 16.7. The van der Waals surface area contributed by atoms with Crippen LogP contribution >= 0.6 is 22.9 Å². The molecule has 0 radical (unpaired) electrons. The molecule has 0 saturated carbocycles. The molecule has 0 unspecified atom stereocenters. The second kappa shape index (κ2) is 8.70. The van der Waals surface area contributed by atoms with Crippen molar-refractivity contribution < 1.29 is 9.59 Å². The topological polar surface area (TPSA) is 49.4 Å². The van der Waals surface area contributed by atoms with Crippen LogP contribution in [0.2, 0.25) is 5.02 Å². The quantitative estimate of drug-likeness (QED) is 0.829. The standard InChI is InChI=1S/C17H19ClN2O2S/c1-2-20(12-13-6-5-11-23-13)16(21)9-10-19-17(22)14-7-3-4-8-15(14)18/h3-8,11H,2,9-10,12H2,1H3,(H,19,22). The van der Waals surface area contributed by atoms with Crippen molar-refractivity contribution in [3.63, 3.8) is 0 Å². The van der Waals surface area contributed by atoms with Crippen molar-refractivity contribution in [2.24, 2.45) is 0 Å². The van der Waals surface area contributed by atoms with Gasteiger partial charge in [0.05, 0.1) is 17.1 Å². The molecular weight excluding hydrogens is 332 g/mol. The van der Waals surface area contributed by atoms with Crippen LogP contribution in [0.1, 0.15) is 28.6 Å². The first kappa shape index (κ1) is 17.5. The first-order chi connectivity index (χ1) is 11.1. The Morgan fingerprint density at radius 2 is 2.00 bits per heavy atom. The monoisotopic (exact) mass is 350 g/mol. The minimum absolute atomic E-state index is 0.0281. The minimum Gasteiger partial charge on any atom is -0.351 e. The lowest BCUT2D eigenvalue weighted by atomic mass is 10.2. The van der Waals surface area contributed by atoms with Gasteiger partial charge in [-0.25, -0.2) is 0 Å². The van der Waals surface area contributed by atoms with Crippen LogP contribution in [0.25, 0.3) is 0 Å². The van der Waals surface area contributed by atoms with E-state index in [0.717, 1.165) is 4.88 Å². The Morgan fingerprint density at radius 3 is 2.65 bits per heavy atom. The normalized spacial score (nSPS) is 10.3. The molecule has 1 N–H and O–H groups in total. The van der Waals surface area contributed by atoms with Gasteiger partial charge in [0.2, 0.25) is 5.91 Å². The third-order valence-corrected chi connectivity index (χ3v) is 4.59. The summed E-state index contributed by atoms with van der Waals surface area (Å²) in [6.45, 7) is 3.51. The summed E-state index contributed by atoms with van der Waals surface area (Å²) in [6, 6.07) is 10.8. The summed E-state index contributed by atoms with van der Waals surface area (Å²) >= 11 is 7.61. The molecule has 0 aliphatic rings. The van der Waals surface area contributed by atoms with Crippen LogP contribution in [0.5, 0.6) is 0 Å². The van der Waals surface area contributed by atoms with E-state index < -0.39 is 0 Å². The van der Waals surface area contributed by atoms with Crippen molar-refractivity contribution in [2.75, 3.05) is 13.1 Å². The molecule has 0 bridgehead atoms. The second-order valence-electron chi connectivity index (χ2n) is 4.97. The average Bonchev–Trinajstić information content (AvgIpc) is 3.05. The molecule has 0 spiro atoms. The van der Waals surface area contributed by atoms with Gasteiger partial charge in [-0.15, -0.1) is 11.3 Å². The molecular formula is C17H19ClN2O2S. The van der Waals surface area contributed by atoms with Gasteiger partial charge in [0, 0.05) is 24.4 Å². The lowest BCUT2D eigenvalue weighted by Crippen LogP contribution is -2.34. The SMILES string of the molecule is CCN(Cc1cccs1)C(=O)CCNC(=O)c1ccccc1Cl. The van der Waals surface area contributed by atoms with Crippen molar-refractivity contribution in [2.45, 2.75) is 19.9 Å². The molecule has 0 fully saturated rings. The number of carbonyl (C=O) groups is 2. The third-order valence-electron chi connectivity index (χ3n) is 3.40. The number of hydrogen-bond donors (Lipinski definition) is 1. The molecule has 2 aromatic rings. The Bertz CT molecular complexity index is 658. The maximum Gasteiger partial charge on any atom is 0.252 e. The van der Waals surface area contributed by atoms with Crippen molar-refractivity contribution in [1.82, 2.24) is 10.2 Å². The maximum atomic E-state index is 12.2. The van der Waals surface area contributed by atoms with Crippen molar-refractivity contribution >= 4 is 34.8 Å². The van der Waals surface area contributed by atoms with E-state index in [1.54, 1.807) is 40.5 Å². The minimum atomic E-state index is -0.260. The number of nitrogens with one attached hydrogen (secondary N) is 1. The molecule has 0 aliphatic carbocycles. The Balaban J connectivity index is 1.81.